The third-order valence-electron chi connectivity index (χ3n) is 2.38. The molecule has 0 unspecified atom stereocenters. The zero-order chi connectivity index (χ0) is 10.8. The van der Waals surface area contributed by atoms with Gasteiger partial charge in [0.1, 0.15) is 5.82 Å². The van der Waals surface area contributed by atoms with Crippen LogP contribution in [0.25, 0.3) is 0 Å². The van der Waals surface area contributed by atoms with Crippen LogP contribution in [-0.2, 0) is 6.54 Å². The maximum Gasteiger partial charge on any atom is 0.131 e. The Morgan fingerprint density at radius 3 is 2.73 bits per heavy atom. The molecular weight excluding hydrogens is 191 g/mol. The summed E-state index contributed by atoms with van der Waals surface area (Å²) in [5.74, 6) is -0.134. The third-order valence-corrected chi connectivity index (χ3v) is 2.38. The monoisotopic (exact) mass is 204 g/mol. The molecule has 15 heavy (non-hydrogen) atoms. The number of aromatic nitrogens is 2. The van der Waals surface area contributed by atoms with Crippen molar-refractivity contribution in [2.24, 2.45) is 0 Å². The number of aryl methyl sites for hydroxylation is 2. The number of hydrogen-bond acceptors (Lipinski definition) is 1. The molecule has 2 nitrogen and oxygen atoms in total. The third kappa shape index (κ3) is 2.06. The van der Waals surface area contributed by atoms with Gasteiger partial charge in [-0.25, -0.2) is 4.39 Å². The van der Waals surface area contributed by atoms with Gasteiger partial charge in [-0.1, -0.05) is 18.2 Å². The molecule has 1 aromatic carbocycles. The summed E-state index contributed by atoms with van der Waals surface area (Å²) in [4.78, 5) is 0. The average Bonchev–Trinajstić information content (AvgIpc) is 2.59. The molecule has 0 aliphatic carbocycles. The van der Waals surface area contributed by atoms with Gasteiger partial charge in [-0.15, -0.1) is 0 Å². The fraction of sp³-hybridized carbons (Fsp3) is 0.250. The minimum atomic E-state index is -0.134. The van der Waals surface area contributed by atoms with Gasteiger partial charge >= 0.3 is 0 Å². The van der Waals surface area contributed by atoms with E-state index in [1.165, 1.54) is 0 Å². The lowest BCUT2D eigenvalue weighted by Gasteiger charge is -2.05. The van der Waals surface area contributed by atoms with Crippen molar-refractivity contribution in [3.05, 3.63) is 53.1 Å². The Bertz CT molecular complexity index is 474. The summed E-state index contributed by atoms with van der Waals surface area (Å²) in [6, 6.07) is 7.34. The van der Waals surface area contributed by atoms with Crippen molar-refractivity contribution in [3.8, 4) is 0 Å². The van der Waals surface area contributed by atoms with Crippen molar-refractivity contribution in [1.29, 1.82) is 0 Å². The Morgan fingerprint density at radius 1 is 1.27 bits per heavy atom. The fourth-order valence-electron chi connectivity index (χ4n) is 1.56. The van der Waals surface area contributed by atoms with Crippen LogP contribution < -0.4 is 0 Å². The van der Waals surface area contributed by atoms with Crippen LogP contribution in [0, 0.1) is 19.7 Å². The van der Waals surface area contributed by atoms with Gasteiger partial charge in [-0.2, -0.15) is 5.10 Å². The predicted molar refractivity (Wildman–Crippen MR) is 57.2 cm³/mol. The molecule has 0 aliphatic rings. The maximum absolute atomic E-state index is 13.7. The lowest BCUT2D eigenvalue weighted by molar-refractivity contribution is 0.577. The second-order valence-corrected chi connectivity index (χ2v) is 3.70. The minimum Gasteiger partial charge on any atom is -0.268 e. The molecule has 0 radical (unpaired) electrons. The molecule has 0 N–H and O–H groups in total. The van der Waals surface area contributed by atoms with Crippen LogP contribution in [0.2, 0.25) is 0 Å². The molecule has 78 valence electrons. The molecule has 2 rings (SSSR count). The average molecular weight is 204 g/mol. The Kier molecular flexibility index (Phi) is 2.54. The lowest BCUT2D eigenvalue weighted by Crippen LogP contribution is -2.03. The second kappa shape index (κ2) is 3.85. The highest BCUT2D eigenvalue weighted by Gasteiger charge is 2.05. The largest absolute Gasteiger partial charge is 0.268 e. The van der Waals surface area contributed by atoms with E-state index in [4.69, 9.17) is 0 Å². The number of hydrogen-bond donors (Lipinski definition) is 0. The second-order valence-electron chi connectivity index (χ2n) is 3.70. The van der Waals surface area contributed by atoms with E-state index in [0.717, 1.165) is 5.69 Å². The molecule has 0 spiro atoms. The van der Waals surface area contributed by atoms with Gasteiger partial charge in [0.25, 0.3) is 0 Å². The normalized spacial score (nSPS) is 10.6. The van der Waals surface area contributed by atoms with Gasteiger partial charge in [0, 0.05) is 11.8 Å². The highest BCUT2D eigenvalue weighted by molar-refractivity contribution is 5.25. The van der Waals surface area contributed by atoms with Crippen LogP contribution >= 0.6 is 0 Å². The van der Waals surface area contributed by atoms with Crippen LogP contribution in [0.3, 0.4) is 0 Å². The maximum atomic E-state index is 13.7. The zero-order valence-corrected chi connectivity index (χ0v) is 8.87. The molecule has 0 amide bonds. The Labute approximate surface area is 88.4 Å². The van der Waals surface area contributed by atoms with E-state index in [9.17, 15) is 4.39 Å². The van der Waals surface area contributed by atoms with Gasteiger partial charge < -0.3 is 0 Å². The summed E-state index contributed by atoms with van der Waals surface area (Å²) >= 11 is 0. The van der Waals surface area contributed by atoms with E-state index in [2.05, 4.69) is 5.10 Å². The van der Waals surface area contributed by atoms with Gasteiger partial charge in [0.15, 0.2) is 0 Å². The molecule has 0 atom stereocenters. The van der Waals surface area contributed by atoms with E-state index >= 15 is 0 Å². The lowest BCUT2D eigenvalue weighted by atomic mass is 10.1. The van der Waals surface area contributed by atoms with E-state index in [0.29, 0.717) is 17.7 Å². The van der Waals surface area contributed by atoms with Crippen molar-refractivity contribution < 1.29 is 4.39 Å². The minimum absolute atomic E-state index is 0.134. The molecule has 2 aromatic rings. The summed E-state index contributed by atoms with van der Waals surface area (Å²) in [6.45, 7) is 4.18. The van der Waals surface area contributed by atoms with Crippen LogP contribution in [0.5, 0.6) is 0 Å². The molecule has 0 saturated carbocycles. The Hall–Kier alpha value is -1.64. The molecule has 0 aliphatic heterocycles. The van der Waals surface area contributed by atoms with Crippen molar-refractivity contribution in [1.82, 2.24) is 9.78 Å². The molecule has 0 fully saturated rings. The Morgan fingerprint density at radius 2 is 2.07 bits per heavy atom. The van der Waals surface area contributed by atoms with Crippen molar-refractivity contribution >= 4 is 0 Å². The first-order valence-corrected chi connectivity index (χ1v) is 4.91. The topological polar surface area (TPSA) is 17.8 Å². The first-order valence-electron chi connectivity index (χ1n) is 4.91. The summed E-state index contributed by atoms with van der Waals surface area (Å²) in [5.41, 5.74) is 2.30. The number of nitrogens with zero attached hydrogens (tertiary/aromatic N) is 2. The first-order chi connectivity index (χ1) is 7.16. The molecule has 0 bridgehead atoms. The summed E-state index contributed by atoms with van der Waals surface area (Å²) in [5, 5.41) is 4.23. The van der Waals surface area contributed by atoms with E-state index in [-0.39, 0.29) is 5.82 Å². The number of benzene rings is 1. The van der Waals surface area contributed by atoms with Crippen LogP contribution in [0.4, 0.5) is 4.39 Å². The van der Waals surface area contributed by atoms with Gasteiger partial charge in [-0.3, -0.25) is 4.68 Å². The quantitative estimate of drug-likeness (QED) is 0.735. The predicted octanol–water partition coefficient (Wildman–Crippen LogP) is 2.69. The fourth-order valence-corrected chi connectivity index (χ4v) is 1.56. The Balaban J connectivity index is 2.28. The number of rotatable bonds is 2. The first kappa shape index (κ1) is 9.90. The molecule has 3 heteroatoms. The summed E-state index contributed by atoms with van der Waals surface area (Å²) in [6.07, 6.45) is 1.86. The van der Waals surface area contributed by atoms with Gasteiger partial charge in [0.05, 0.1) is 12.2 Å². The van der Waals surface area contributed by atoms with Crippen molar-refractivity contribution in [2.45, 2.75) is 20.4 Å². The van der Waals surface area contributed by atoms with Crippen LogP contribution in [0.1, 0.15) is 16.8 Å². The summed E-state index contributed by atoms with van der Waals surface area (Å²) in [7, 11) is 0. The molecular formula is C12H13FN2. The van der Waals surface area contributed by atoms with Gasteiger partial charge in [-0.05, 0) is 25.5 Å². The van der Waals surface area contributed by atoms with Gasteiger partial charge in [0.2, 0.25) is 0 Å². The van der Waals surface area contributed by atoms with Crippen molar-refractivity contribution in [2.75, 3.05) is 0 Å². The van der Waals surface area contributed by atoms with E-state index in [1.807, 2.05) is 25.3 Å². The molecule has 0 saturated heterocycles. The molecule has 1 aromatic heterocycles. The standard InChI is InChI=1S/C12H13FN2/c1-9-4-3-5-11(12(9)13)8-15-7-6-10(2)14-15/h3-7H,8H2,1-2H3. The van der Waals surface area contributed by atoms with Crippen molar-refractivity contribution in [3.63, 3.8) is 0 Å². The SMILES string of the molecule is Cc1ccn(Cc2cccc(C)c2F)n1. The highest BCUT2D eigenvalue weighted by Crippen LogP contribution is 2.12. The number of halogens is 1. The van der Waals surface area contributed by atoms with E-state index in [1.54, 1.807) is 23.7 Å². The highest BCUT2D eigenvalue weighted by atomic mass is 19.1. The van der Waals surface area contributed by atoms with Crippen LogP contribution in [0.15, 0.2) is 30.5 Å². The summed E-state index contributed by atoms with van der Waals surface area (Å²) < 4.78 is 15.4. The van der Waals surface area contributed by atoms with Crippen LogP contribution in [-0.4, -0.2) is 9.78 Å². The molecule has 1 heterocycles. The zero-order valence-electron chi connectivity index (χ0n) is 8.87. The smallest absolute Gasteiger partial charge is 0.131 e. The van der Waals surface area contributed by atoms with E-state index < -0.39 is 0 Å².